The Balaban J connectivity index is 1.55. The van der Waals surface area contributed by atoms with E-state index in [4.69, 9.17) is 32.7 Å². The number of carbonyl (C=O) groups excluding carboxylic acids is 4. The Morgan fingerprint density at radius 3 is 2.23 bits per heavy atom. The number of imide groups is 2. The predicted octanol–water partition coefficient (Wildman–Crippen LogP) is 3.30. The van der Waals surface area contributed by atoms with Crippen molar-refractivity contribution in [3.8, 4) is 17.2 Å². The lowest BCUT2D eigenvalue weighted by molar-refractivity contribution is -0.138. The zero-order valence-electron chi connectivity index (χ0n) is 23.2. The van der Waals surface area contributed by atoms with E-state index < -0.39 is 63.0 Å². The Hall–Kier alpha value is -4.09. The molecule has 3 fully saturated rings. The number of aromatic carboxylic acids is 1. The molecule has 224 valence electrons. The molecular weight excluding hydrogens is 603 g/mol. The smallest absolute Gasteiger partial charge is 0.335 e. The number of carboxylic acid groups (broad SMARTS) is 1. The van der Waals surface area contributed by atoms with E-state index in [1.807, 2.05) is 0 Å². The van der Waals surface area contributed by atoms with Crippen LogP contribution in [0.3, 0.4) is 0 Å². The number of phenolic OH excluding ortho intramolecular Hbond substituents is 1. The number of methoxy groups -OCH3 is 2. The number of rotatable bonds is 5. The molecule has 2 aliphatic carbocycles. The first-order valence-corrected chi connectivity index (χ1v) is 14.1. The van der Waals surface area contributed by atoms with Gasteiger partial charge >= 0.3 is 5.97 Å². The van der Waals surface area contributed by atoms with Gasteiger partial charge < -0.3 is 19.7 Å². The Bertz CT molecular complexity index is 1650. The molecule has 4 amide bonds. The molecule has 2 saturated heterocycles. The molecule has 0 spiro atoms. The Morgan fingerprint density at radius 2 is 1.63 bits per heavy atom. The molecule has 2 heterocycles. The van der Waals surface area contributed by atoms with Crippen molar-refractivity contribution in [3.05, 3.63) is 59.2 Å². The summed E-state index contributed by atoms with van der Waals surface area (Å²) in [5.41, 5.74) is 0.769. The van der Waals surface area contributed by atoms with Crippen molar-refractivity contribution in [2.24, 2.45) is 17.8 Å². The number of halogens is 2. The van der Waals surface area contributed by atoms with Crippen LogP contribution in [0.15, 0.2) is 48.0 Å². The molecule has 6 rings (SSSR count). The van der Waals surface area contributed by atoms with E-state index >= 15 is 0 Å². The van der Waals surface area contributed by atoms with E-state index in [1.165, 1.54) is 57.7 Å². The molecule has 43 heavy (non-hydrogen) atoms. The molecule has 13 heteroatoms. The number of allylic oxidation sites excluding steroid dienone is 2. The second kappa shape index (κ2) is 9.72. The maximum Gasteiger partial charge on any atom is 0.335 e. The Labute approximate surface area is 255 Å². The average Bonchev–Trinajstić information content (AvgIpc) is 3.31. The number of carbonyl (C=O) groups is 5. The minimum absolute atomic E-state index is 0.0965. The van der Waals surface area contributed by atoms with Gasteiger partial charge in [0.2, 0.25) is 11.8 Å². The predicted molar refractivity (Wildman–Crippen MR) is 153 cm³/mol. The molecular formula is C30H26Cl2N2O9. The highest BCUT2D eigenvalue weighted by atomic mass is 35.5. The van der Waals surface area contributed by atoms with Crippen molar-refractivity contribution < 1.29 is 43.7 Å². The summed E-state index contributed by atoms with van der Waals surface area (Å²) in [4.78, 5) is 64.7. The topological polar surface area (TPSA) is 151 Å². The van der Waals surface area contributed by atoms with Crippen LogP contribution in [-0.2, 0) is 19.2 Å². The van der Waals surface area contributed by atoms with Crippen molar-refractivity contribution in [1.29, 1.82) is 0 Å². The summed E-state index contributed by atoms with van der Waals surface area (Å²) in [6, 6.07) is 8.15. The van der Waals surface area contributed by atoms with Crippen LogP contribution >= 0.6 is 23.2 Å². The molecule has 2 aliphatic heterocycles. The first-order chi connectivity index (χ1) is 20.3. The molecule has 2 aromatic carbocycles. The average molecular weight is 629 g/mol. The number of phenols is 1. The molecule has 2 aromatic rings. The van der Waals surface area contributed by atoms with Crippen LogP contribution in [0.2, 0.25) is 0 Å². The SMILES string of the molecule is COc1cc(O)cc(OC)c1C1C2=CCC3C(=O)N(c4cccc(C(=O)O)c4)C(=O)C3C2CC2(Cl)C(=O)N(C)C(=O)C12Cl. The van der Waals surface area contributed by atoms with Crippen molar-refractivity contribution in [3.63, 3.8) is 0 Å². The lowest BCUT2D eigenvalue weighted by Gasteiger charge is -2.51. The summed E-state index contributed by atoms with van der Waals surface area (Å²) in [6.45, 7) is 0. The van der Waals surface area contributed by atoms with Crippen LogP contribution in [0.5, 0.6) is 17.2 Å². The van der Waals surface area contributed by atoms with Crippen molar-refractivity contribution in [2.45, 2.75) is 28.5 Å². The fourth-order valence-corrected chi connectivity index (χ4v) is 8.31. The molecule has 1 saturated carbocycles. The van der Waals surface area contributed by atoms with Gasteiger partial charge in [0.25, 0.3) is 11.8 Å². The van der Waals surface area contributed by atoms with Crippen molar-refractivity contribution in [1.82, 2.24) is 4.90 Å². The third kappa shape index (κ3) is 3.70. The molecule has 0 radical (unpaired) electrons. The molecule has 6 unspecified atom stereocenters. The zero-order chi connectivity index (χ0) is 31.2. The van der Waals surface area contributed by atoms with Gasteiger partial charge in [0.15, 0.2) is 9.75 Å². The summed E-state index contributed by atoms with van der Waals surface area (Å²) in [5.74, 6) is -7.57. The van der Waals surface area contributed by atoms with E-state index in [0.717, 1.165) is 9.80 Å². The molecule has 4 aliphatic rings. The number of hydrogen-bond donors (Lipinski definition) is 2. The van der Waals surface area contributed by atoms with Gasteiger partial charge in [-0.05, 0) is 37.0 Å². The number of hydrogen-bond acceptors (Lipinski definition) is 8. The highest BCUT2D eigenvalue weighted by Crippen LogP contribution is 2.67. The third-order valence-corrected chi connectivity index (χ3v) is 10.6. The molecule has 11 nitrogen and oxygen atoms in total. The van der Waals surface area contributed by atoms with Gasteiger partial charge in [0.05, 0.1) is 37.3 Å². The number of fused-ring (bicyclic) bond motifs is 4. The summed E-state index contributed by atoms with van der Waals surface area (Å²) in [5, 5.41) is 19.8. The number of likely N-dealkylation sites (tertiary alicyclic amines) is 1. The van der Waals surface area contributed by atoms with Gasteiger partial charge in [-0.3, -0.25) is 29.0 Å². The van der Waals surface area contributed by atoms with Crippen LogP contribution in [0.4, 0.5) is 5.69 Å². The number of anilines is 1. The number of aromatic hydroxyl groups is 1. The molecule has 2 N–H and O–H groups in total. The Morgan fingerprint density at radius 1 is 0.977 bits per heavy atom. The van der Waals surface area contributed by atoms with Gasteiger partial charge in [-0.2, -0.15) is 0 Å². The summed E-state index contributed by atoms with van der Waals surface area (Å²) in [6.07, 6.45) is 1.64. The fraction of sp³-hybridized carbons (Fsp3) is 0.367. The minimum Gasteiger partial charge on any atom is -0.508 e. The van der Waals surface area contributed by atoms with Gasteiger partial charge in [-0.1, -0.05) is 17.7 Å². The van der Waals surface area contributed by atoms with Crippen LogP contribution in [0.1, 0.15) is 34.7 Å². The highest BCUT2D eigenvalue weighted by Gasteiger charge is 2.76. The van der Waals surface area contributed by atoms with Gasteiger partial charge in [0, 0.05) is 30.7 Å². The largest absolute Gasteiger partial charge is 0.508 e. The zero-order valence-corrected chi connectivity index (χ0v) is 24.7. The van der Waals surface area contributed by atoms with Crippen LogP contribution in [0.25, 0.3) is 0 Å². The van der Waals surface area contributed by atoms with Crippen LogP contribution in [0, 0.1) is 17.8 Å². The van der Waals surface area contributed by atoms with Gasteiger partial charge in [-0.15, -0.1) is 23.2 Å². The highest BCUT2D eigenvalue weighted by molar-refractivity contribution is 6.53. The summed E-state index contributed by atoms with van der Waals surface area (Å²) in [7, 11) is 3.99. The van der Waals surface area contributed by atoms with E-state index in [-0.39, 0.29) is 46.9 Å². The van der Waals surface area contributed by atoms with Gasteiger partial charge in [0.1, 0.15) is 17.2 Å². The standard InChI is InChI=1S/C30H26Cl2N2O9/c1-33-27(40)29(31)12-18-16(23(30(29,32)28(33)41)22-19(42-2)10-15(35)11-20(22)43-3)7-8-17-21(18)25(37)34(24(17)36)14-6-4-5-13(9-14)26(38)39/h4-7,9-11,17-18,21,23,35H,8,12H2,1-3H3,(H,38,39). The lowest BCUT2D eigenvalue weighted by Crippen LogP contribution is -2.60. The number of nitrogens with zero attached hydrogens (tertiary/aromatic N) is 2. The number of carboxylic acids is 1. The monoisotopic (exact) mass is 628 g/mol. The van der Waals surface area contributed by atoms with Crippen molar-refractivity contribution >= 4 is 58.5 Å². The number of benzene rings is 2. The maximum absolute atomic E-state index is 14.1. The number of alkyl halides is 2. The normalized spacial score (nSPS) is 31.4. The second-order valence-corrected chi connectivity index (χ2v) is 12.4. The van der Waals surface area contributed by atoms with Gasteiger partial charge in [-0.25, -0.2) is 4.79 Å². The van der Waals surface area contributed by atoms with Crippen molar-refractivity contribution in [2.75, 3.05) is 26.2 Å². The van der Waals surface area contributed by atoms with E-state index in [2.05, 4.69) is 0 Å². The molecule has 0 bridgehead atoms. The third-order valence-electron chi connectivity index (χ3n) is 9.18. The quantitative estimate of drug-likeness (QED) is 0.289. The van der Waals surface area contributed by atoms with E-state index in [0.29, 0.717) is 5.57 Å². The summed E-state index contributed by atoms with van der Waals surface area (Å²) >= 11 is 14.4. The fourth-order valence-electron chi connectivity index (χ4n) is 7.30. The minimum atomic E-state index is -2.08. The first kappa shape index (κ1) is 29.0. The molecule has 0 aromatic heterocycles. The molecule has 6 atom stereocenters. The second-order valence-electron chi connectivity index (χ2n) is 11.1. The van der Waals surface area contributed by atoms with Crippen LogP contribution in [-0.4, -0.2) is 75.7 Å². The lowest BCUT2D eigenvalue weighted by atomic mass is 9.56. The Kier molecular flexibility index (Phi) is 6.55. The van der Waals surface area contributed by atoms with E-state index in [9.17, 15) is 34.2 Å². The number of ether oxygens (including phenoxy) is 2. The maximum atomic E-state index is 14.1. The van der Waals surface area contributed by atoms with E-state index in [1.54, 1.807) is 6.08 Å². The summed E-state index contributed by atoms with van der Waals surface area (Å²) < 4.78 is 11.2. The first-order valence-electron chi connectivity index (χ1n) is 13.4. The number of amides is 4. The van der Waals surface area contributed by atoms with Crippen LogP contribution < -0.4 is 14.4 Å².